The van der Waals surface area contributed by atoms with E-state index < -0.39 is 0 Å². The zero-order chi connectivity index (χ0) is 7.70. The number of rotatable bonds is 1. The number of carbonyl (C=O) groups excluding carboxylic acids is 1. The molecule has 9 heavy (non-hydrogen) atoms. The van der Waals surface area contributed by atoms with Crippen LogP contribution >= 0.6 is 0 Å². The van der Waals surface area contributed by atoms with Crippen molar-refractivity contribution in [1.29, 1.82) is 0 Å². The summed E-state index contributed by atoms with van der Waals surface area (Å²) in [5, 5.41) is 0. The van der Waals surface area contributed by atoms with Crippen LogP contribution in [0.1, 0.15) is 33.6 Å². The van der Waals surface area contributed by atoms with Gasteiger partial charge in [-0.3, -0.25) is 4.79 Å². The molecule has 0 rings (SSSR count). The third-order valence-corrected chi connectivity index (χ3v) is 0.516. The minimum Gasteiger partial charge on any atom is -0.469 e. The molecule has 0 saturated carbocycles. The third-order valence-electron chi connectivity index (χ3n) is 0.516. The SMILES string of the molecule is CCC.CCC(=O)OC. The Hall–Kier alpha value is -0.530. The largest absolute Gasteiger partial charge is 0.469 e. The summed E-state index contributed by atoms with van der Waals surface area (Å²) in [5.74, 6) is -0.157. The molecule has 2 heteroatoms. The van der Waals surface area contributed by atoms with Crippen molar-refractivity contribution < 1.29 is 9.53 Å². The number of hydrogen-bond donors (Lipinski definition) is 0. The second-order valence-corrected chi connectivity index (χ2v) is 1.64. The van der Waals surface area contributed by atoms with Gasteiger partial charge < -0.3 is 4.74 Å². The maximum absolute atomic E-state index is 9.96. The molecule has 0 aliphatic carbocycles. The van der Waals surface area contributed by atoms with E-state index in [1.165, 1.54) is 13.5 Å². The third kappa shape index (κ3) is 18.6. The highest BCUT2D eigenvalue weighted by Gasteiger charge is 1.87. The Morgan fingerprint density at radius 1 is 1.33 bits per heavy atom. The first kappa shape index (κ1) is 11.3. The fourth-order valence-electron chi connectivity index (χ4n) is 0.144. The van der Waals surface area contributed by atoms with Crippen LogP contribution in [0.15, 0.2) is 0 Å². The average Bonchev–Trinajstić information content (AvgIpc) is 1.88. The van der Waals surface area contributed by atoms with Crippen molar-refractivity contribution in [2.24, 2.45) is 0 Å². The summed E-state index contributed by atoms with van der Waals surface area (Å²) in [6.45, 7) is 6.01. The number of carbonyl (C=O) groups is 1. The number of ether oxygens (including phenoxy) is 1. The molecule has 56 valence electrons. The van der Waals surface area contributed by atoms with E-state index in [0.717, 1.165) is 0 Å². The van der Waals surface area contributed by atoms with Crippen LogP contribution in [0, 0.1) is 0 Å². The highest BCUT2D eigenvalue weighted by atomic mass is 16.5. The van der Waals surface area contributed by atoms with Crippen LogP contribution < -0.4 is 0 Å². The number of methoxy groups -OCH3 is 1. The molecule has 0 saturated heterocycles. The summed E-state index contributed by atoms with van der Waals surface area (Å²) in [4.78, 5) is 9.96. The summed E-state index contributed by atoms with van der Waals surface area (Å²) >= 11 is 0. The molecule has 0 radical (unpaired) electrons. The molecule has 0 bridgehead atoms. The van der Waals surface area contributed by atoms with E-state index in [1.54, 1.807) is 6.92 Å². The van der Waals surface area contributed by atoms with Gasteiger partial charge in [-0.15, -0.1) is 0 Å². The second kappa shape index (κ2) is 10.5. The summed E-state index contributed by atoms with van der Waals surface area (Å²) in [5.41, 5.74) is 0. The molecule has 0 aromatic rings. The Bertz CT molecular complexity index is 53.9. The van der Waals surface area contributed by atoms with Crippen LogP contribution in [0.25, 0.3) is 0 Å². The standard InChI is InChI=1S/C4H8O2.C3H8/c1-3-4(5)6-2;1-3-2/h3H2,1-2H3;3H2,1-2H3. The molecule has 0 aliphatic heterocycles. The summed E-state index contributed by atoms with van der Waals surface area (Å²) < 4.78 is 4.26. The van der Waals surface area contributed by atoms with Gasteiger partial charge in [-0.05, 0) is 0 Å². The van der Waals surface area contributed by atoms with Crippen molar-refractivity contribution in [1.82, 2.24) is 0 Å². The predicted octanol–water partition coefficient (Wildman–Crippen LogP) is 1.99. The first-order chi connectivity index (χ1) is 4.22. The van der Waals surface area contributed by atoms with Crippen molar-refractivity contribution in [3.8, 4) is 0 Å². The van der Waals surface area contributed by atoms with Crippen molar-refractivity contribution in [3.05, 3.63) is 0 Å². The van der Waals surface area contributed by atoms with Crippen LogP contribution in [-0.2, 0) is 9.53 Å². The predicted molar refractivity (Wildman–Crippen MR) is 38.3 cm³/mol. The molecule has 0 atom stereocenters. The van der Waals surface area contributed by atoms with Gasteiger partial charge >= 0.3 is 5.97 Å². The van der Waals surface area contributed by atoms with E-state index in [1.807, 2.05) is 0 Å². The zero-order valence-electron chi connectivity index (χ0n) is 6.73. The molecule has 0 N–H and O–H groups in total. The van der Waals surface area contributed by atoms with E-state index in [9.17, 15) is 4.79 Å². The van der Waals surface area contributed by atoms with Crippen LogP contribution in [0.4, 0.5) is 0 Å². The second-order valence-electron chi connectivity index (χ2n) is 1.64. The molecule has 0 heterocycles. The Labute approximate surface area is 57.2 Å². The average molecular weight is 132 g/mol. The van der Waals surface area contributed by atoms with Gasteiger partial charge in [0.05, 0.1) is 7.11 Å². The van der Waals surface area contributed by atoms with E-state index in [-0.39, 0.29) is 5.97 Å². The molecule has 0 amide bonds. The number of hydrogen-bond acceptors (Lipinski definition) is 2. The van der Waals surface area contributed by atoms with Crippen molar-refractivity contribution >= 4 is 5.97 Å². The number of esters is 1. The van der Waals surface area contributed by atoms with Gasteiger partial charge in [0.25, 0.3) is 0 Å². The highest BCUT2D eigenvalue weighted by Crippen LogP contribution is 1.76. The topological polar surface area (TPSA) is 26.3 Å². The first-order valence-electron chi connectivity index (χ1n) is 3.29. The summed E-state index contributed by atoms with van der Waals surface area (Å²) in [7, 11) is 1.38. The van der Waals surface area contributed by atoms with Gasteiger partial charge in [0.15, 0.2) is 0 Å². The van der Waals surface area contributed by atoms with Gasteiger partial charge in [-0.2, -0.15) is 0 Å². The summed E-state index contributed by atoms with van der Waals surface area (Å²) in [6.07, 6.45) is 1.72. The molecule has 0 unspecified atom stereocenters. The maximum Gasteiger partial charge on any atom is 0.305 e. The fraction of sp³-hybridized carbons (Fsp3) is 0.857. The Balaban J connectivity index is 0. The smallest absolute Gasteiger partial charge is 0.305 e. The van der Waals surface area contributed by atoms with E-state index in [2.05, 4.69) is 18.6 Å². The lowest BCUT2D eigenvalue weighted by Gasteiger charge is -1.87. The molecular formula is C7H16O2. The molecule has 0 aromatic heterocycles. The van der Waals surface area contributed by atoms with Gasteiger partial charge in [-0.25, -0.2) is 0 Å². The molecular weight excluding hydrogens is 116 g/mol. The Kier molecular flexibility index (Phi) is 13.1. The monoisotopic (exact) mass is 132 g/mol. The minimum absolute atomic E-state index is 0.157. The van der Waals surface area contributed by atoms with E-state index in [0.29, 0.717) is 6.42 Å². The molecule has 0 fully saturated rings. The van der Waals surface area contributed by atoms with E-state index >= 15 is 0 Å². The minimum atomic E-state index is -0.157. The van der Waals surface area contributed by atoms with Gasteiger partial charge in [-0.1, -0.05) is 27.2 Å². The molecule has 0 spiro atoms. The molecule has 0 aliphatic rings. The normalized spacial score (nSPS) is 7.11. The van der Waals surface area contributed by atoms with E-state index in [4.69, 9.17) is 0 Å². The molecule has 0 aromatic carbocycles. The summed E-state index contributed by atoms with van der Waals surface area (Å²) in [6, 6.07) is 0. The van der Waals surface area contributed by atoms with Crippen molar-refractivity contribution in [3.63, 3.8) is 0 Å². The van der Waals surface area contributed by atoms with Gasteiger partial charge in [0.1, 0.15) is 0 Å². The Morgan fingerprint density at radius 3 is 1.67 bits per heavy atom. The van der Waals surface area contributed by atoms with Crippen molar-refractivity contribution in [2.75, 3.05) is 7.11 Å². The van der Waals surface area contributed by atoms with Crippen LogP contribution in [0.2, 0.25) is 0 Å². The molecule has 2 nitrogen and oxygen atoms in total. The maximum atomic E-state index is 9.96. The Morgan fingerprint density at radius 2 is 1.67 bits per heavy atom. The lowest BCUT2D eigenvalue weighted by molar-refractivity contribution is -0.140. The zero-order valence-corrected chi connectivity index (χ0v) is 6.73. The van der Waals surface area contributed by atoms with Crippen LogP contribution in [-0.4, -0.2) is 13.1 Å². The van der Waals surface area contributed by atoms with Gasteiger partial charge in [0, 0.05) is 6.42 Å². The lowest BCUT2D eigenvalue weighted by Crippen LogP contribution is -1.94. The lowest BCUT2D eigenvalue weighted by atomic mass is 10.5. The van der Waals surface area contributed by atoms with Crippen LogP contribution in [0.3, 0.4) is 0 Å². The first-order valence-corrected chi connectivity index (χ1v) is 3.29. The highest BCUT2D eigenvalue weighted by molar-refractivity contribution is 5.68. The van der Waals surface area contributed by atoms with Crippen molar-refractivity contribution in [2.45, 2.75) is 33.6 Å². The van der Waals surface area contributed by atoms with Gasteiger partial charge in [0.2, 0.25) is 0 Å². The fourth-order valence-corrected chi connectivity index (χ4v) is 0.144. The quantitative estimate of drug-likeness (QED) is 0.510. The van der Waals surface area contributed by atoms with Crippen LogP contribution in [0.5, 0.6) is 0 Å².